The van der Waals surface area contributed by atoms with Gasteiger partial charge in [-0.15, -0.1) is 0 Å². The Morgan fingerprint density at radius 1 is 1.27 bits per heavy atom. The van der Waals surface area contributed by atoms with Crippen molar-refractivity contribution in [3.8, 4) is 0 Å². The molecule has 1 saturated heterocycles. The molecular formula is C20H22BrN3O2. The van der Waals surface area contributed by atoms with Crippen LogP contribution in [0.4, 0.5) is 17.1 Å². The lowest BCUT2D eigenvalue weighted by Crippen LogP contribution is -2.33. The van der Waals surface area contributed by atoms with Crippen LogP contribution >= 0.6 is 15.9 Å². The minimum atomic E-state index is -0.658. The summed E-state index contributed by atoms with van der Waals surface area (Å²) in [5.41, 5.74) is 2.54. The molecule has 1 aliphatic rings. The van der Waals surface area contributed by atoms with E-state index in [4.69, 9.17) is 0 Å². The van der Waals surface area contributed by atoms with Gasteiger partial charge in [0.15, 0.2) is 0 Å². The number of para-hydroxylation sites is 1. The molecule has 0 aliphatic carbocycles. The van der Waals surface area contributed by atoms with Gasteiger partial charge < -0.3 is 15.1 Å². The Morgan fingerprint density at radius 2 is 2.04 bits per heavy atom. The van der Waals surface area contributed by atoms with Gasteiger partial charge in [0.1, 0.15) is 5.92 Å². The first kappa shape index (κ1) is 18.5. The number of halogens is 1. The van der Waals surface area contributed by atoms with Gasteiger partial charge in [-0.3, -0.25) is 9.59 Å². The Labute approximate surface area is 162 Å². The van der Waals surface area contributed by atoms with Crippen molar-refractivity contribution in [1.29, 1.82) is 0 Å². The van der Waals surface area contributed by atoms with Gasteiger partial charge in [0, 0.05) is 36.0 Å². The zero-order valence-corrected chi connectivity index (χ0v) is 16.5. The van der Waals surface area contributed by atoms with E-state index >= 15 is 0 Å². The van der Waals surface area contributed by atoms with Crippen molar-refractivity contribution in [2.45, 2.75) is 13.3 Å². The third kappa shape index (κ3) is 3.75. The Bertz CT molecular complexity index is 824. The molecule has 6 heteroatoms. The summed E-state index contributed by atoms with van der Waals surface area (Å²) in [6, 6.07) is 15.2. The third-order valence-electron chi connectivity index (χ3n) is 4.69. The van der Waals surface area contributed by atoms with E-state index in [1.165, 1.54) is 0 Å². The number of amides is 2. The summed E-state index contributed by atoms with van der Waals surface area (Å²) < 4.78 is 0.852. The predicted molar refractivity (Wildman–Crippen MR) is 109 cm³/mol. The molecule has 26 heavy (non-hydrogen) atoms. The van der Waals surface area contributed by atoms with Gasteiger partial charge in [0.05, 0.1) is 5.69 Å². The summed E-state index contributed by atoms with van der Waals surface area (Å²) >= 11 is 3.47. The Kier molecular flexibility index (Phi) is 5.61. The van der Waals surface area contributed by atoms with Crippen molar-refractivity contribution >= 4 is 44.8 Å². The van der Waals surface area contributed by atoms with Gasteiger partial charge in [-0.2, -0.15) is 0 Å². The average molecular weight is 416 g/mol. The number of hydrogen-bond donors (Lipinski definition) is 1. The second-order valence-electron chi connectivity index (χ2n) is 6.34. The van der Waals surface area contributed by atoms with Gasteiger partial charge in [-0.1, -0.05) is 18.2 Å². The van der Waals surface area contributed by atoms with Crippen LogP contribution in [0, 0.1) is 5.92 Å². The largest absolute Gasteiger partial charge is 0.375 e. The number of benzene rings is 2. The standard InChI is InChI=1S/C20H22BrN3O2/c1-3-23(2)15-8-6-7-14(13-15)22-19(25)16-11-12-24(20(16)26)18-10-5-4-9-17(18)21/h4-10,13,16H,3,11-12H2,1-2H3,(H,22,25). The average Bonchev–Trinajstić information content (AvgIpc) is 3.03. The van der Waals surface area contributed by atoms with Crippen LogP contribution in [0.5, 0.6) is 0 Å². The molecule has 2 aromatic rings. The maximum absolute atomic E-state index is 12.7. The summed E-state index contributed by atoms with van der Waals surface area (Å²) in [4.78, 5) is 29.2. The number of rotatable bonds is 5. The van der Waals surface area contributed by atoms with Crippen molar-refractivity contribution in [3.63, 3.8) is 0 Å². The monoisotopic (exact) mass is 415 g/mol. The van der Waals surface area contributed by atoms with Crippen LogP contribution < -0.4 is 15.1 Å². The molecule has 0 spiro atoms. The minimum Gasteiger partial charge on any atom is -0.375 e. The van der Waals surface area contributed by atoms with E-state index in [-0.39, 0.29) is 11.8 Å². The van der Waals surface area contributed by atoms with Crippen LogP contribution in [0.2, 0.25) is 0 Å². The van der Waals surface area contributed by atoms with Crippen LogP contribution in [0.25, 0.3) is 0 Å². The van der Waals surface area contributed by atoms with E-state index in [0.29, 0.717) is 18.7 Å². The van der Waals surface area contributed by atoms with Gasteiger partial charge in [0.2, 0.25) is 11.8 Å². The van der Waals surface area contributed by atoms with Crippen LogP contribution in [-0.2, 0) is 9.59 Å². The second kappa shape index (κ2) is 7.91. The Hall–Kier alpha value is -2.34. The van der Waals surface area contributed by atoms with Crippen molar-refractivity contribution in [2.75, 3.05) is 35.3 Å². The molecule has 1 aliphatic heterocycles. The highest BCUT2D eigenvalue weighted by atomic mass is 79.9. The second-order valence-corrected chi connectivity index (χ2v) is 7.19. The van der Waals surface area contributed by atoms with E-state index in [2.05, 4.69) is 33.1 Å². The third-order valence-corrected chi connectivity index (χ3v) is 5.36. The van der Waals surface area contributed by atoms with Crippen molar-refractivity contribution in [1.82, 2.24) is 0 Å². The van der Waals surface area contributed by atoms with Gasteiger partial charge in [-0.25, -0.2) is 0 Å². The zero-order valence-electron chi connectivity index (χ0n) is 14.9. The van der Waals surface area contributed by atoms with Gasteiger partial charge in [-0.05, 0) is 59.6 Å². The fourth-order valence-electron chi connectivity index (χ4n) is 3.07. The quantitative estimate of drug-likeness (QED) is 0.753. The molecule has 0 saturated carbocycles. The summed E-state index contributed by atoms with van der Waals surface area (Å²) in [6.45, 7) is 3.48. The summed E-state index contributed by atoms with van der Waals surface area (Å²) in [5, 5.41) is 2.90. The number of nitrogens with one attached hydrogen (secondary N) is 1. The SMILES string of the molecule is CCN(C)c1cccc(NC(=O)C2CCN(c3ccccc3Br)C2=O)c1. The van der Waals surface area contributed by atoms with Crippen LogP contribution in [-0.4, -0.2) is 32.0 Å². The molecule has 0 radical (unpaired) electrons. The molecule has 1 heterocycles. The predicted octanol–water partition coefficient (Wildman–Crippen LogP) is 3.90. The highest BCUT2D eigenvalue weighted by Gasteiger charge is 2.38. The number of hydrogen-bond acceptors (Lipinski definition) is 3. The van der Waals surface area contributed by atoms with E-state index in [9.17, 15) is 9.59 Å². The molecule has 1 N–H and O–H groups in total. The molecular weight excluding hydrogens is 394 g/mol. The smallest absolute Gasteiger partial charge is 0.239 e. The van der Waals surface area contributed by atoms with E-state index in [1.54, 1.807) is 4.90 Å². The first-order chi connectivity index (χ1) is 12.5. The Morgan fingerprint density at radius 3 is 2.77 bits per heavy atom. The first-order valence-electron chi connectivity index (χ1n) is 8.69. The van der Waals surface area contributed by atoms with Crippen molar-refractivity contribution in [3.05, 3.63) is 53.0 Å². The van der Waals surface area contributed by atoms with Gasteiger partial charge in [0.25, 0.3) is 0 Å². The molecule has 2 aromatic carbocycles. The lowest BCUT2D eigenvalue weighted by atomic mass is 10.1. The lowest BCUT2D eigenvalue weighted by molar-refractivity contribution is -0.129. The fourth-order valence-corrected chi connectivity index (χ4v) is 3.56. The van der Waals surface area contributed by atoms with Crippen LogP contribution in [0.1, 0.15) is 13.3 Å². The maximum Gasteiger partial charge on any atom is 0.239 e. The van der Waals surface area contributed by atoms with Gasteiger partial charge >= 0.3 is 0 Å². The lowest BCUT2D eigenvalue weighted by Gasteiger charge is -2.19. The molecule has 1 fully saturated rings. The number of nitrogens with zero attached hydrogens (tertiary/aromatic N) is 2. The topological polar surface area (TPSA) is 52.7 Å². The zero-order chi connectivity index (χ0) is 18.7. The first-order valence-corrected chi connectivity index (χ1v) is 9.48. The highest BCUT2D eigenvalue weighted by molar-refractivity contribution is 9.10. The van der Waals surface area contributed by atoms with Crippen molar-refractivity contribution in [2.24, 2.45) is 5.92 Å². The molecule has 0 bridgehead atoms. The van der Waals surface area contributed by atoms with Crippen LogP contribution in [0.15, 0.2) is 53.0 Å². The summed E-state index contributed by atoms with van der Waals surface area (Å²) in [6.07, 6.45) is 0.514. The highest BCUT2D eigenvalue weighted by Crippen LogP contribution is 2.32. The number of anilines is 3. The Balaban J connectivity index is 1.72. The molecule has 2 amide bonds. The van der Waals surface area contributed by atoms with Crippen LogP contribution in [0.3, 0.4) is 0 Å². The molecule has 1 unspecified atom stereocenters. The normalized spacial score (nSPS) is 16.7. The van der Waals surface area contributed by atoms with E-state index in [0.717, 1.165) is 22.4 Å². The fraction of sp³-hybridized carbons (Fsp3) is 0.300. The molecule has 136 valence electrons. The maximum atomic E-state index is 12.7. The number of carbonyl (C=O) groups is 2. The summed E-state index contributed by atoms with van der Waals surface area (Å²) in [7, 11) is 2.00. The van der Waals surface area contributed by atoms with Crippen molar-refractivity contribution < 1.29 is 9.59 Å². The molecule has 5 nitrogen and oxygen atoms in total. The number of carbonyl (C=O) groups excluding carboxylic acids is 2. The molecule has 0 aromatic heterocycles. The summed E-state index contributed by atoms with van der Waals surface area (Å²) in [5.74, 6) is -1.06. The van der Waals surface area contributed by atoms with E-state index < -0.39 is 5.92 Å². The molecule has 1 atom stereocenters. The minimum absolute atomic E-state index is 0.156. The van der Waals surface area contributed by atoms with E-state index in [1.807, 2.05) is 55.6 Å². The molecule has 3 rings (SSSR count).